The van der Waals surface area contributed by atoms with Crippen LogP contribution in [0.3, 0.4) is 0 Å². The molecule has 0 unspecified atom stereocenters. The Morgan fingerprint density at radius 2 is 2.00 bits per heavy atom. The molecule has 0 aliphatic rings. The molecule has 0 fully saturated rings. The Morgan fingerprint density at radius 1 is 1.36 bits per heavy atom. The zero-order valence-corrected chi connectivity index (χ0v) is 8.67. The van der Waals surface area contributed by atoms with Crippen molar-refractivity contribution in [3.05, 3.63) is 0 Å². The Balaban J connectivity index is 3.50. The number of nitrogens with one attached hydrogen (secondary N) is 2. The van der Waals surface area contributed by atoms with E-state index in [-0.39, 0.29) is 0 Å². The van der Waals surface area contributed by atoms with Gasteiger partial charge >= 0.3 is 12.0 Å². The minimum absolute atomic E-state index is 0.420. The van der Waals surface area contributed by atoms with Crippen LogP contribution in [0.15, 0.2) is 0 Å². The third-order valence-corrected chi connectivity index (χ3v) is 1.78. The highest BCUT2D eigenvalue weighted by Crippen LogP contribution is 1.90. The Morgan fingerprint density at radius 3 is 2.50 bits per heavy atom. The number of rotatable bonds is 6. The van der Waals surface area contributed by atoms with Gasteiger partial charge in [-0.3, -0.25) is 4.79 Å². The molecule has 0 heterocycles. The molecule has 0 aromatic rings. The highest BCUT2D eigenvalue weighted by Gasteiger charge is 2.12. The summed E-state index contributed by atoms with van der Waals surface area (Å²) in [5, 5.41) is 13.4. The molecule has 0 rings (SSSR count). The Labute approximate surface area is 83.9 Å². The molecule has 0 aliphatic carbocycles. The van der Waals surface area contributed by atoms with Crippen LogP contribution in [0.4, 0.5) is 4.79 Å². The van der Waals surface area contributed by atoms with Crippen LogP contribution in [-0.4, -0.2) is 29.7 Å². The average Bonchev–Trinajstić information content (AvgIpc) is 2.12. The highest BCUT2D eigenvalue weighted by molar-refractivity contribution is 5.82. The molecule has 5 nitrogen and oxygen atoms in total. The molecule has 0 saturated heterocycles. The van der Waals surface area contributed by atoms with E-state index < -0.39 is 18.0 Å². The fraction of sp³-hybridized carbons (Fsp3) is 0.778. The highest BCUT2D eigenvalue weighted by atomic mass is 16.4. The van der Waals surface area contributed by atoms with Crippen molar-refractivity contribution in [2.75, 3.05) is 6.54 Å². The van der Waals surface area contributed by atoms with Crippen molar-refractivity contribution in [1.29, 1.82) is 0 Å². The number of carboxylic acids is 1. The minimum Gasteiger partial charge on any atom is -0.480 e. The van der Waals surface area contributed by atoms with Crippen molar-refractivity contribution in [1.82, 2.24) is 10.6 Å². The molecule has 14 heavy (non-hydrogen) atoms. The maximum absolute atomic E-state index is 11.0. The van der Waals surface area contributed by atoms with E-state index in [1.54, 1.807) is 0 Å². The topological polar surface area (TPSA) is 78.4 Å². The second-order valence-corrected chi connectivity index (χ2v) is 3.17. The van der Waals surface area contributed by atoms with Gasteiger partial charge in [-0.05, 0) is 13.3 Å². The summed E-state index contributed by atoms with van der Waals surface area (Å²) in [5.41, 5.74) is 0. The van der Waals surface area contributed by atoms with Crippen LogP contribution in [-0.2, 0) is 4.79 Å². The van der Waals surface area contributed by atoms with Crippen LogP contribution in [0.2, 0.25) is 0 Å². The summed E-state index contributed by atoms with van der Waals surface area (Å²) in [5.74, 6) is -1.03. The molecule has 3 N–H and O–H groups in total. The third kappa shape index (κ3) is 6.28. The van der Waals surface area contributed by atoms with Gasteiger partial charge in [-0.1, -0.05) is 19.8 Å². The van der Waals surface area contributed by atoms with E-state index in [0.717, 1.165) is 19.3 Å². The number of aliphatic carboxylic acids is 1. The molecular formula is C9H18N2O3. The molecule has 82 valence electrons. The van der Waals surface area contributed by atoms with Gasteiger partial charge in [0.25, 0.3) is 0 Å². The molecule has 5 heteroatoms. The van der Waals surface area contributed by atoms with E-state index in [2.05, 4.69) is 17.6 Å². The van der Waals surface area contributed by atoms with Crippen molar-refractivity contribution < 1.29 is 14.7 Å². The normalized spacial score (nSPS) is 11.9. The molecule has 2 amide bonds. The predicted molar refractivity (Wildman–Crippen MR) is 53.2 cm³/mol. The SMILES string of the molecule is CCCCCNC(=O)N[C@H](C)C(=O)O. The van der Waals surface area contributed by atoms with Gasteiger partial charge in [0.1, 0.15) is 6.04 Å². The maximum Gasteiger partial charge on any atom is 0.325 e. The first-order valence-electron chi connectivity index (χ1n) is 4.85. The van der Waals surface area contributed by atoms with E-state index >= 15 is 0 Å². The second kappa shape index (κ2) is 7.17. The number of hydrogen-bond donors (Lipinski definition) is 3. The fourth-order valence-corrected chi connectivity index (χ4v) is 0.886. The molecule has 0 aliphatic heterocycles. The number of hydrogen-bond acceptors (Lipinski definition) is 2. The van der Waals surface area contributed by atoms with E-state index in [9.17, 15) is 9.59 Å². The van der Waals surface area contributed by atoms with Gasteiger partial charge < -0.3 is 15.7 Å². The van der Waals surface area contributed by atoms with Crippen LogP contribution < -0.4 is 10.6 Å². The molecule has 0 saturated carbocycles. The van der Waals surface area contributed by atoms with Gasteiger partial charge in [0, 0.05) is 6.54 Å². The van der Waals surface area contributed by atoms with Gasteiger partial charge in [-0.15, -0.1) is 0 Å². The van der Waals surface area contributed by atoms with E-state index in [0.29, 0.717) is 6.54 Å². The van der Waals surface area contributed by atoms with E-state index in [4.69, 9.17) is 5.11 Å². The third-order valence-electron chi connectivity index (χ3n) is 1.78. The van der Waals surface area contributed by atoms with Crippen LogP contribution >= 0.6 is 0 Å². The van der Waals surface area contributed by atoms with Gasteiger partial charge in [-0.25, -0.2) is 4.79 Å². The minimum atomic E-state index is -1.03. The fourth-order valence-electron chi connectivity index (χ4n) is 0.886. The zero-order valence-electron chi connectivity index (χ0n) is 8.67. The average molecular weight is 202 g/mol. The van der Waals surface area contributed by atoms with Crippen LogP contribution in [0.5, 0.6) is 0 Å². The summed E-state index contributed by atoms with van der Waals surface area (Å²) in [4.78, 5) is 21.4. The first kappa shape index (κ1) is 12.7. The van der Waals surface area contributed by atoms with E-state index in [1.807, 2.05) is 0 Å². The van der Waals surface area contributed by atoms with Gasteiger partial charge in [0.05, 0.1) is 0 Å². The number of carboxylic acid groups (broad SMARTS) is 1. The summed E-state index contributed by atoms with van der Waals surface area (Å²) in [6, 6.07) is -1.27. The zero-order chi connectivity index (χ0) is 11.0. The molecule has 1 atom stereocenters. The van der Waals surface area contributed by atoms with Crippen LogP contribution in [0.25, 0.3) is 0 Å². The van der Waals surface area contributed by atoms with Gasteiger partial charge in [0.2, 0.25) is 0 Å². The molecule has 0 aromatic heterocycles. The van der Waals surface area contributed by atoms with Crippen molar-refractivity contribution in [2.45, 2.75) is 39.2 Å². The molecule has 0 bridgehead atoms. The second-order valence-electron chi connectivity index (χ2n) is 3.17. The number of unbranched alkanes of at least 4 members (excludes halogenated alkanes) is 2. The molecule has 0 spiro atoms. The Bertz CT molecular complexity index is 194. The van der Waals surface area contributed by atoms with Crippen molar-refractivity contribution in [3.63, 3.8) is 0 Å². The Kier molecular flexibility index (Phi) is 6.53. The first-order valence-corrected chi connectivity index (χ1v) is 4.85. The summed E-state index contributed by atoms with van der Waals surface area (Å²) in [7, 11) is 0. The van der Waals surface area contributed by atoms with Gasteiger partial charge in [-0.2, -0.15) is 0 Å². The lowest BCUT2D eigenvalue weighted by Gasteiger charge is -2.10. The maximum atomic E-state index is 11.0. The van der Waals surface area contributed by atoms with Crippen molar-refractivity contribution in [2.24, 2.45) is 0 Å². The largest absolute Gasteiger partial charge is 0.480 e. The lowest BCUT2D eigenvalue weighted by molar-refractivity contribution is -0.138. The lowest BCUT2D eigenvalue weighted by atomic mass is 10.2. The Hall–Kier alpha value is -1.26. The smallest absolute Gasteiger partial charge is 0.325 e. The number of carbonyl (C=O) groups excluding carboxylic acids is 1. The summed E-state index contributed by atoms with van der Waals surface area (Å²) in [6.07, 6.45) is 3.08. The molecule has 0 radical (unpaired) electrons. The standard InChI is InChI=1S/C9H18N2O3/c1-3-4-5-6-10-9(14)11-7(2)8(12)13/h7H,3-6H2,1-2H3,(H,12,13)(H2,10,11,14)/t7-/m1/s1. The first-order chi connectivity index (χ1) is 6.57. The summed E-state index contributed by atoms with van der Waals surface area (Å²) in [6.45, 7) is 4.09. The number of carbonyl (C=O) groups is 2. The van der Waals surface area contributed by atoms with Crippen molar-refractivity contribution in [3.8, 4) is 0 Å². The van der Waals surface area contributed by atoms with Crippen molar-refractivity contribution >= 4 is 12.0 Å². The van der Waals surface area contributed by atoms with Crippen LogP contribution in [0.1, 0.15) is 33.1 Å². The van der Waals surface area contributed by atoms with Gasteiger partial charge in [0.15, 0.2) is 0 Å². The predicted octanol–water partition coefficient (Wildman–Crippen LogP) is 0.949. The monoisotopic (exact) mass is 202 g/mol. The summed E-state index contributed by atoms with van der Waals surface area (Å²) >= 11 is 0. The summed E-state index contributed by atoms with van der Waals surface area (Å²) < 4.78 is 0. The molecular weight excluding hydrogens is 184 g/mol. The van der Waals surface area contributed by atoms with Crippen LogP contribution in [0, 0.1) is 0 Å². The quantitative estimate of drug-likeness (QED) is 0.561. The number of urea groups is 1. The van der Waals surface area contributed by atoms with E-state index in [1.165, 1.54) is 6.92 Å². The molecule has 0 aromatic carbocycles. The lowest BCUT2D eigenvalue weighted by Crippen LogP contribution is -2.44. The number of amides is 2.